The van der Waals surface area contributed by atoms with E-state index in [2.05, 4.69) is 15.9 Å². The van der Waals surface area contributed by atoms with Crippen LogP contribution in [0.1, 0.15) is 29.3 Å². The number of nitriles is 1. The van der Waals surface area contributed by atoms with E-state index in [1.807, 2.05) is 59.0 Å². The van der Waals surface area contributed by atoms with Crippen LogP contribution in [-0.2, 0) is 24.3 Å². The fourth-order valence-electron chi connectivity index (χ4n) is 5.51. The lowest BCUT2D eigenvalue weighted by atomic mass is 9.99. The lowest BCUT2D eigenvalue weighted by Gasteiger charge is -2.37. The summed E-state index contributed by atoms with van der Waals surface area (Å²) in [6.45, 7) is 8.94. The van der Waals surface area contributed by atoms with Crippen molar-refractivity contribution in [2.24, 2.45) is 0 Å². The van der Waals surface area contributed by atoms with Gasteiger partial charge in [0.25, 0.3) is 0 Å². The molecule has 198 valence electrons. The van der Waals surface area contributed by atoms with Crippen molar-refractivity contribution in [3.63, 3.8) is 0 Å². The number of anilines is 1. The third kappa shape index (κ3) is 5.41. The normalized spacial score (nSPS) is 16.7. The van der Waals surface area contributed by atoms with Gasteiger partial charge in [-0.05, 0) is 36.8 Å². The van der Waals surface area contributed by atoms with E-state index in [1.54, 1.807) is 6.92 Å². The summed E-state index contributed by atoms with van der Waals surface area (Å²) >= 11 is 6.27. The van der Waals surface area contributed by atoms with E-state index in [-0.39, 0.29) is 5.91 Å². The molecule has 9 heteroatoms. The molecule has 5 rings (SSSR count). The Morgan fingerprint density at radius 2 is 1.89 bits per heavy atom. The number of rotatable bonds is 6. The van der Waals surface area contributed by atoms with E-state index in [4.69, 9.17) is 16.7 Å². The Morgan fingerprint density at radius 1 is 1.13 bits per heavy atom. The van der Waals surface area contributed by atoms with Crippen LogP contribution in [0.25, 0.3) is 11.3 Å². The molecule has 1 unspecified atom stereocenters. The zero-order valence-electron chi connectivity index (χ0n) is 21.9. The predicted molar refractivity (Wildman–Crippen MR) is 148 cm³/mol. The van der Waals surface area contributed by atoms with Crippen molar-refractivity contribution in [2.75, 3.05) is 44.2 Å². The highest BCUT2D eigenvalue weighted by Crippen LogP contribution is 2.32. The highest BCUT2D eigenvalue weighted by molar-refractivity contribution is 6.31. The molecule has 0 saturated carbocycles. The minimum absolute atomic E-state index is 0.0539. The van der Waals surface area contributed by atoms with Crippen LogP contribution in [0.2, 0.25) is 5.02 Å². The summed E-state index contributed by atoms with van der Waals surface area (Å²) < 4.78 is 1.94. The van der Waals surface area contributed by atoms with Gasteiger partial charge in [-0.15, -0.1) is 0 Å². The minimum atomic E-state index is -0.581. The second-order valence-electron chi connectivity index (χ2n) is 10.2. The molecule has 1 amide bonds. The van der Waals surface area contributed by atoms with Crippen LogP contribution in [0.4, 0.5) is 5.69 Å². The zero-order valence-corrected chi connectivity index (χ0v) is 22.7. The van der Waals surface area contributed by atoms with Gasteiger partial charge in [0.1, 0.15) is 6.07 Å². The Kier molecular flexibility index (Phi) is 7.70. The number of hydrogen-bond donors (Lipinski definition) is 1. The highest BCUT2D eigenvalue weighted by atomic mass is 35.5. The molecule has 2 aliphatic rings. The van der Waals surface area contributed by atoms with Crippen molar-refractivity contribution in [3.8, 4) is 17.3 Å². The molecule has 1 saturated heterocycles. The van der Waals surface area contributed by atoms with E-state index in [0.29, 0.717) is 43.2 Å². The molecule has 1 N–H and O–H groups in total. The SMILES string of the molecule is CC(=O)N1CCc2c(c(-c3ccc(Cl)c(C)c3)nn2CC(O)CN2CCN(c3ccccc3C#N)CC2)C1. The number of aliphatic hydroxyl groups is 1. The van der Waals surface area contributed by atoms with E-state index < -0.39 is 6.10 Å². The molecule has 8 nitrogen and oxygen atoms in total. The second kappa shape index (κ2) is 11.2. The maximum absolute atomic E-state index is 12.1. The Balaban J connectivity index is 1.29. The van der Waals surface area contributed by atoms with Gasteiger partial charge in [0.2, 0.25) is 5.91 Å². The van der Waals surface area contributed by atoms with Crippen LogP contribution >= 0.6 is 11.6 Å². The van der Waals surface area contributed by atoms with Crippen LogP contribution in [-0.4, -0.2) is 76.0 Å². The van der Waals surface area contributed by atoms with E-state index in [1.165, 1.54) is 0 Å². The summed E-state index contributed by atoms with van der Waals surface area (Å²) in [6, 6.07) is 15.9. The number of carbonyl (C=O) groups excluding carboxylic acids is 1. The first kappa shape index (κ1) is 26.2. The largest absolute Gasteiger partial charge is 0.390 e. The van der Waals surface area contributed by atoms with Crippen LogP contribution < -0.4 is 4.90 Å². The molecule has 3 heterocycles. The summed E-state index contributed by atoms with van der Waals surface area (Å²) in [7, 11) is 0. The molecule has 1 aromatic heterocycles. The number of para-hydroxylation sites is 1. The maximum atomic E-state index is 12.1. The molecule has 0 radical (unpaired) electrons. The fourth-order valence-corrected chi connectivity index (χ4v) is 5.62. The Bertz CT molecular complexity index is 1370. The first-order valence-corrected chi connectivity index (χ1v) is 13.5. The zero-order chi connectivity index (χ0) is 26.8. The third-order valence-corrected chi connectivity index (χ3v) is 8.02. The number of hydrogen-bond acceptors (Lipinski definition) is 6. The standard InChI is InChI=1S/C29H33ClN6O2/c1-20-15-22(7-8-26(20)30)29-25-19-35(21(2)37)10-9-28(25)36(32-29)18-24(38)17-33-11-13-34(14-12-33)27-6-4-3-5-23(27)16-31/h3-8,15,24,38H,9-14,17-19H2,1-2H3. The predicted octanol–water partition coefficient (Wildman–Crippen LogP) is 3.47. The Labute approximate surface area is 228 Å². The molecule has 2 aromatic carbocycles. The number of fused-ring (bicyclic) bond motifs is 1. The minimum Gasteiger partial charge on any atom is -0.390 e. The number of carbonyl (C=O) groups is 1. The quantitative estimate of drug-likeness (QED) is 0.523. The van der Waals surface area contributed by atoms with Crippen molar-refractivity contribution in [1.29, 1.82) is 5.26 Å². The van der Waals surface area contributed by atoms with Crippen LogP contribution in [0, 0.1) is 18.3 Å². The molecule has 0 spiro atoms. The fraction of sp³-hybridized carbons (Fsp3) is 0.414. The van der Waals surface area contributed by atoms with E-state index in [0.717, 1.165) is 59.9 Å². The lowest BCUT2D eigenvalue weighted by Crippen LogP contribution is -2.49. The van der Waals surface area contributed by atoms with Gasteiger partial charge in [-0.25, -0.2) is 0 Å². The van der Waals surface area contributed by atoms with Crippen LogP contribution in [0.5, 0.6) is 0 Å². The average Bonchev–Trinajstić information content (AvgIpc) is 3.28. The average molecular weight is 533 g/mol. The summed E-state index contributed by atoms with van der Waals surface area (Å²) in [5.74, 6) is 0.0539. The van der Waals surface area contributed by atoms with E-state index in [9.17, 15) is 15.2 Å². The van der Waals surface area contributed by atoms with Crippen molar-refractivity contribution < 1.29 is 9.90 Å². The summed E-state index contributed by atoms with van der Waals surface area (Å²) in [5, 5.41) is 26.2. The number of piperazine rings is 1. The van der Waals surface area contributed by atoms with Gasteiger partial charge in [-0.2, -0.15) is 10.4 Å². The van der Waals surface area contributed by atoms with Gasteiger partial charge in [0.15, 0.2) is 0 Å². The molecule has 3 aromatic rings. The summed E-state index contributed by atoms with van der Waals surface area (Å²) in [6.07, 6.45) is 0.126. The van der Waals surface area contributed by atoms with Crippen molar-refractivity contribution in [1.82, 2.24) is 19.6 Å². The van der Waals surface area contributed by atoms with Crippen LogP contribution in [0.15, 0.2) is 42.5 Å². The topological polar surface area (TPSA) is 88.6 Å². The van der Waals surface area contributed by atoms with Crippen molar-refractivity contribution in [3.05, 3.63) is 69.9 Å². The molecule has 38 heavy (non-hydrogen) atoms. The van der Waals surface area contributed by atoms with Crippen molar-refractivity contribution >= 4 is 23.2 Å². The lowest BCUT2D eigenvalue weighted by molar-refractivity contribution is -0.129. The molecule has 0 aliphatic carbocycles. The molecular formula is C29H33ClN6O2. The first-order valence-electron chi connectivity index (χ1n) is 13.1. The Hall–Kier alpha value is -3.38. The number of aryl methyl sites for hydroxylation is 1. The smallest absolute Gasteiger partial charge is 0.219 e. The number of amides is 1. The molecular weight excluding hydrogens is 500 g/mol. The van der Waals surface area contributed by atoms with Gasteiger partial charge in [-0.3, -0.25) is 14.4 Å². The number of aliphatic hydroxyl groups excluding tert-OH is 1. The number of aromatic nitrogens is 2. The van der Waals surface area contributed by atoms with Gasteiger partial charge >= 0.3 is 0 Å². The molecule has 2 aliphatic heterocycles. The Morgan fingerprint density at radius 3 is 2.61 bits per heavy atom. The molecule has 1 atom stereocenters. The van der Waals surface area contributed by atoms with Crippen LogP contribution in [0.3, 0.4) is 0 Å². The van der Waals surface area contributed by atoms with E-state index >= 15 is 0 Å². The number of benzene rings is 2. The number of halogens is 1. The van der Waals surface area contributed by atoms with Gasteiger partial charge < -0.3 is 14.9 Å². The maximum Gasteiger partial charge on any atom is 0.219 e. The third-order valence-electron chi connectivity index (χ3n) is 7.60. The molecule has 0 bridgehead atoms. The summed E-state index contributed by atoms with van der Waals surface area (Å²) in [4.78, 5) is 18.5. The van der Waals surface area contributed by atoms with Gasteiger partial charge in [-0.1, -0.05) is 29.8 Å². The van der Waals surface area contributed by atoms with Gasteiger partial charge in [0.05, 0.1) is 29.6 Å². The molecule has 1 fully saturated rings. The monoisotopic (exact) mass is 532 g/mol. The van der Waals surface area contributed by atoms with Crippen molar-refractivity contribution in [2.45, 2.75) is 39.5 Å². The van der Waals surface area contributed by atoms with Gasteiger partial charge in [0, 0.05) is 81.0 Å². The highest BCUT2D eigenvalue weighted by Gasteiger charge is 2.28. The second-order valence-corrected chi connectivity index (χ2v) is 10.6. The first-order chi connectivity index (χ1) is 18.3. The number of β-amino-alcohol motifs (C(OH)–C–C–N with tert-alkyl or cyclic N) is 1. The number of nitrogens with zero attached hydrogens (tertiary/aromatic N) is 6. The summed E-state index contributed by atoms with van der Waals surface area (Å²) in [5.41, 5.74) is 6.59.